The SMILES string of the molecule is [O-][Cl+3]([O-])([O-])[O-].c1ccc(-c2cc(-c3ccccc3)[n+]3[nH]c4ccccc4c3n2)cc1. The molecule has 150 valence electrons. The monoisotopic (exact) mass is 421 g/mol. The Bertz CT molecular complexity index is 1280. The molecule has 0 aliphatic carbocycles. The number of para-hydroxylation sites is 1. The molecule has 0 spiro atoms. The number of hydrogen-bond acceptors (Lipinski definition) is 5. The van der Waals surface area contributed by atoms with Crippen LogP contribution in [-0.2, 0) is 0 Å². The zero-order valence-corrected chi connectivity index (χ0v) is 16.3. The zero-order chi connectivity index (χ0) is 21.1. The molecule has 2 heterocycles. The van der Waals surface area contributed by atoms with Crippen LogP contribution in [-0.4, -0.2) is 10.1 Å². The summed E-state index contributed by atoms with van der Waals surface area (Å²) in [7, 11) is -4.94. The Balaban J connectivity index is 0.000000393. The van der Waals surface area contributed by atoms with E-state index >= 15 is 0 Å². The maximum Gasteiger partial charge on any atom is 0.357 e. The number of nitrogens with one attached hydrogen (secondary N) is 1. The molecule has 1 N–H and O–H groups in total. The largest absolute Gasteiger partial charge is 0.357 e. The van der Waals surface area contributed by atoms with E-state index in [0.29, 0.717) is 0 Å². The van der Waals surface area contributed by atoms with Gasteiger partial charge in [-0.2, -0.15) is 0 Å². The van der Waals surface area contributed by atoms with Gasteiger partial charge in [0.05, 0.1) is 10.9 Å². The van der Waals surface area contributed by atoms with E-state index in [-0.39, 0.29) is 0 Å². The van der Waals surface area contributed by atoms with Gasteiger partial charge >= 0.3 is 5.65 Å². The standard InChI is InChI=1S/C22H15N3.ClHO4/c1-3-9-16(10-4-1)20-15-21(17-11-5-2-6-12-17)25-22(23-20)18-13-7-8-14-19(18)24-25;2-1(3,4)5/h1-15H;(H,2,3,4,5). The van der Waals surface area contributed by atoms with Crippen molar-refractivity contribution in [3.05, 3.63) is 91.0 Å². The molecule has 0 aliphatic heterocycles. The maximum absolute atomic E-state index is 8.49. The van der Waals surface area contributed by atoms with E-state index in [1.807, 2.05) is 30.3 Å². The topological polar surface area (TPSA) is 125 Å². The summed E-state index contributed by atoms with van der Waals surface area (Å²) < 4.78 is 36.0. The van der Waals surface area contributed by atoms with E-state index < -0.39 is 10.2 Å². The number of H-pyrrole nitrogens is 1. The molecule has 0 unspecified atom stereocenters. The molecule has 2 aromatic heterocycles. The molecule has 0 amide bonds. The summed E-state index contributed by atoms with van der Waals surface area (Å²) in [4.78, 5) is 4.95. The first kappa shape index (κ1) is 20.0. The molecule has 5 rings (SSSR count). The quantitative estimate of drug-likeness (QED) is 0.398. The lowest BCUT2D eigenvalue weighted by Crippen LogP contribution is -2.68. The van der Waals surface area contributed by atoms with Crippen molar-refractivity contribution in [1.82, 2.24) is 10.1 Å². The van der Waals surface area contributed by atoms with E-state index in [4.69, 9.17) is 23.6 Å². The highest BCUT2D eigenvalue weighted by molar-refractivity contribution is 5.90. The Kier molecular flexibility index (Phi) is 5.45. The summed E-state index contributed by atoms with van der Waals surface area (Å²) in [5.41, 5.74) is 6.37. The smallest absolute Gasteiger partial charge is 0.222 e. The Morgan fingerprint density at radius 2 is 1.23 bits per heavy atom. The van der Waals surface area contributed by atoms with Crippen molar-refractivity contribution in [2.75, 3.05) is 0 Å². The van der Waals surface area contributed by atoms with Crippen LogP contribution in [0.1, 0.15) is 0 Å². The van der Waals surface area contributed by atoms with Crippen LogP contribution in [0.15, 0.2) is 91.0 Å². The second kappa shape index (κ2) is 8.19. The number of fused-ring (bicyclic) bond motifs is 3. The van der Waals surface area contributed by atoms with Gasteiger partial charge in [-0.25, -0.2) is 23.7 Å². The summed E-state index contributed by atoms with van der Waals surface area (Å²) in [6.45, 7) is 0. The van der Waals surface area contributed by atoms with E-state index in [2.05, 4.69) is 70.3 Å². The van der Waals surface area contributed by atoms with Crippen molar-refractivity contribution in [2.24, 2.45) is 0 Å². The number of halogens is 1. The molecule has 0 saturated heterocycles. The van der Waals surface area contributed by atoms with Crippen LogP contribution >= 0.6 is 0 Å². The molecular formula is C22H16ClN3O4. The van der Waals surface area contributed by atoms with Crippen molar-refractivity contribution in [3.63, 3.8) is 0 Å². The first-order valence-corrected chi connectivity index (χ1v) is 10.2. The molecule has 30 heavy (non-hydrogen) atoms. The average Bonchev–Trinajstić information content (AvgIpc) is 3.12. The number of nitrogens with zero attached hydrogens (tertiary/aromatic N) is 2. The molecule has 7 nitrogen and oxygen atoms in total. The summed E-state index contributed by atoms with van der Waals surface area (Å²) in [5.74, 6) is 0. The maximum atomic E-state index is 8.49. The van der Waals surface area contributed by atoms with Gasteiger partial charge in [0.15, 0.2) is 11.4 Å². The third-order valence-electron chi connectivity index (χ3n) is 4.49. The Morgan fingerprint density at radius 1 is 0.700 bits per heavy atom. The van der Waals surface area contributed by atoms with Gasteiger partial charge in [0.25, 0.3) is 0 Å². The first-order chi connectivity index (χ1) is 14.4. The fraction of sp³-hybridized carbons (Fsp3) is 0. The van der Waals surface area contributed by atoms with Crippen LogP contribution in [0.4, 0.5) is 0 Å². The van der Waals surface area contributed by atoms with Crippen LogP contribution in [0.25, 0.3) is 39.1 Å². The molecule has 3 aromatic carbocycles. The second-order valence-electron chi connectivity index (χ2n) is 6.45. The minimum absolute atomic E-state index is 0.941. The highest BCUT2D eigenvalue weighted by atomic mass is 35.7. The lowest BCUT2D eigenvalue weighted by molar-refractivity contribution is -2.00. The minimum atomic E-state index is -4.94. The normalized spacial score (nSPS) is 11.3. The van der Waals surface area contributed by atoms with Gasteiger partial charge in [0.1, 0.15) is 0 Å². The van der Waals surface area contributed by atoms with Crippen LogP contribution in [0.5, 0.6) is 0 Å². The Morgan fingerprint density at radius 3 is 1.87 bits per heavy atom. The van der Waals surface area contributed by atoms with Crippen molar-refractivity contribution in [3.8, 4) is 22.5 Å². The van der Waals surface area contributed by atoms with Crippen molar-refractivity contribution in [2.45, 2.75) is 0 Å². The van der Waals surface area contributed by atoms with E-state index in [0.717, 1.165) is 39.1 Å². The van der Waals surface area contributed by atoms with Crippen LogP contribution in [0.3, 0.4) is 0 Å². The average molecular weight is 422 g/mol. The van der Waals surface area contributed by atoms with E-state index in [1.54, 1.807) is 0 Å². The molecule has 8 heteroatoms. The molecule has 0 radical (unpaired) electrons. The minimum Gasteiger partial charge on any atom is -0.222 e. The molecule has 0 aliphatic rings. The predicted molar refractivity (Wildman–Crippen MR) is 100 cm³/mol. The molecular weight excluding hydrogens is 406 g/mol. The van der Waals surface area contributed by atoms with Gasteiger partial charge in [-0.1, -0.05) is 72.8 Å². The highest BCUT2D eigenvalue weighted by Gasteiger charge is 2.21. The number of aromatic nitrogens is 3. The molecule has 0 bridgehead atoms. The van der Waals surface area contributed by atoms with E-state index in [9.17, 15) is 0 Å². The third-order valence-corrected chi connectivity index (χ3v) is 4.49. The Hall–Kier alpha value is -3.33. The summed E-state index contributed by atoms with van der Waals surface area (Å²) in [6, 6.07) is 31.2. The zero-order valence-electron chi connectivity index (χ0n) is 15.6. The van der Waals surface area contributed by atoms with Crippen molar-refractivity contribution < 1.29 is 33.4 Å². The number of rotatable bonds is 2. The second-order valence-corrected chi connectivity index (χ2v) is 7.21. The van der Waals surface area contributed by atoms with Crippen LogP contribution < -0.4 is 23.2 Å². The lowest BCUT2D eigenvalue weighted by Gasteiger charge is -2.17. The predicted octanol–water partition coefficient (Wildman–Crippen LogP) is -0.120. The fourth-order valence-electron chi connectivity index (χ4n) is 3.27. The molecule has 0 saturated carbocycles. The summed E-state index contributed by atoms with van der Waals surface area (Å²) >= 11 is 0. The highest BCUT2D eigenvalue weighted by Crippen LogP contribution is 2.25. The lowest BCUT2D eigenvalue weighted by atomic mass is 10.1. The molecule has 5 aromatic rings. The summed E-state index contributed by atoms with van der Waals surface area (Å²) in [5, 5.41) is 4.60. The summed E-state index contributed by atoms with van der Waals surface area (Å²) in [6.07, 6.45) is 0. The first-order valence-electron chi connectivity index (χ1n) is 8.96. The van der Waals surface area contributed by atoms with Crippen LogP contribution in [0.2, 0.25) is 0 Å². The molecule has 0 fully saturated rings. The number of benzene rings is 3. The number of hydrogen-bond donors (Lipinski definition) is 1. The number of aromatic amines is 1. The Labute approximate surface area is 173 Å². The van der Waals surface area contributed by atoms with Gasteiger partial charge in [0, 0.05) is 17.2 Å². The van der Waals surface area contributed by atoms with Gasteiger partial charge in [-0.15, -0.1) is 14.8 Å². The van der Waals surface area contributed by atoms with Crippen LogP contribution in [0, 0.1) is 10.2 Å². The fourth-order valence-corrected chi connectivity index (χ4v) is 3.27. The van der Waals surface area contributed by atoms with Crippen molar-refractivity contribution in [1.29, 1.82) is 0 Å². The van der Waals surface area contributed by atoms with Gasteiger partial charge in [-0.05, 0) is 17.1 Å². The van der Waals surface area contributed by atoms with Crippen molar-refractivity contribution >= 4 is 16.6 Å². The van der Waals surface area contributed by atoms with Gasteiger partial charge in [0.2, 0.25) is 0 Å². The van der Waals surface area contributed by atoms with Gasteiger partial charge in [-0.3, -0.25) is 0 Å². The van der Waals surface area contributed by atoms with Gasteiger partial charge < -0.3 is 0 Å². The molecule has 0 atom stereocenters. The third kappa shape index (κ3) is 4.46. The van der Waals surface area contributed by atoms with E-state index in [1.165, 1.54) is 0 Å².